The summed E-state index contributed by atoms with van der Waals surface area (Å²) in [5.41, 5.74) is 0.377. The molecule has 6 nitrogen and oxygen atoms in total. The third-order valence-electron chi connectivity index (χ3n) is 4.54. The number of hydrogen-bond donors (Lipinski definition) is 2. The maximum absolute atomic E-state index is 12.9. The maximum Gasteiger partial charge on any atom is 0.328 e. The highest BCUT2D eigenvalue weighted by Crippen LogP contribution is 2.29. The minimum Gasteiger partial charge on any atom is -0.467 e. The predicted molar refractivity (Wildman–Crippen MR) is 97.8 cm³/mol. The molecule has 0 aliphatic carbocycles. The molecule has 0 radical (unpaired) electrons. The minimum atomic E-state index is -0.700. The number of piperidine rings is 1. The lowest BCUT2D eigenvalue weighted by Gasteiger charge is -2.36. The topological polar surface area (TPSA) is 76.7 Å². The highest BCUT2D eigenvalue weighted by Gasteiger charge is 2.41. The van der Waals surface area contributed by atoms with Gasteiger partial charge in [-0.15, -0.1) is 12.4 Å². The first-order chi connectivity index (χ1) is 11.6. The van der Waals surface area contributed by atoms with Crippen LogP contribution in [-0.2, 0) is 25.5 Å². The van der Waals surface area contributed by atoms with Crippen molar-refractivity contribution in [2.45, 2.75) is 25.3 Å². The van der Waals surface area contributed by atoms with E-state index in [9.17, 15) is 9.59 Å². The van der Waals surface area contributed by atoms with Gasteiger partial charge < -0.3 is 20.1 Å². The van der Waals surface area contributed by atoms with E-state index in [1.54, 1.807) is 7.11 Å². The number of carbonyl (C=O) groups is 2. The van der Waals surface area contributed by atoms with Crippen molar-refractivity contribution >= 4 is 24.3 Å². The predicted octanol–water partition coefficient (Wildman–Crippen LogP) is 1.32. The maximum atomic E-state index is 12.9. The molecule has 0 aromatic heterocycles. The molecule has 1 aromatic rings. The van der Waals surface area contributed by atoms with Gasteiger partial charge >= 0.3 is 5.97 Å². The van der Waals surface area contributed by atoms with Gasteiger partial charge in [0.15, 0.2) is 0 Å². The Balaban J connectivity index is 0.00000312. The Morgan fingerprint density at radius 3 is 2.40 bits per heavy atom. The number of halogens is 1. The fourth-order valence-corrected chi connectivity index (χ4v) is 3.12. The highest BCUT2D eigenvalue weighted by atomic mass is 35.5. The Hall–Kier alpha value is -1.63. The van der Waals surface area contributed by atoms with E-state index in [0.717, 1.165) is 18.7 Å². The van der Waals surface area contributed by atoms with E-state index < -0.39 is 17.4 Å². The van der Waals surface area contributed by atoms with Gasteiger partial charge in [-0.05, 0) is 31.5 Å². The first kappa shape index (κ1) is 21.4. The van der Waals surface area contributed by atoms with Crippen LogP contribution in [0.1, 0.15) is 18.4 Å². The lowest BCUT2D eigenvalue weighted by molar-refractivity contribution is -0.148. The molecule has 1 atom stereocenters. The lowest BCUT2D eigenvalue weighted by Crippen LogP contribution is -2.54. The number of ether oxygens (including phenoxy) is 2. The summed E-state index contributed by atoms with van der Waals surface area (Å²) < 4.78 is 10.2. The lowest BCUT2D eigenvalue weighted by atomic mass is 9.78. The normalized spacial score (nSPS) is 17.0. The first-order valence-corrected chi connectivity index (χ1v) is 8.24. The number of nitrogens with one attached hydrogen (secondary N) is 2. The monoisotopic (exact) mass is 370 g/mol. The molecule has 1 heterocycles. The van der Waals surface area contributed by atoms with Crippen LogP contribution in [0.15, 0.2) is 30.3 Å². The first-order valence-electron chi connectivity index (χ1n) is 8.24. The Bertz CT molecular complexity index is 542. The van der Waals surface area contributed by atoms with Crippen molar-refractivity contribution < 1.29 is 19.1 Å². The number of rotatable bonds is 7. The van der Waals surface area contributed by atoms with E-state index in [1.165, 1.54) is 7.11 Å². The number of benzene rings is 1. The molecular formula is C18H27ClN2O4. The van der Waals surface area contributed by atoms with Crippen LogP contribution in [0, 0.1) is 5.41 Å². The number of carbonyl (C=O) groups excluding carboxylic acids is 2. The summed E-state index contributed by atoms with van der Waals surface area (Å²) in [5.74, 6) is -0.578. The van der Waals surface area contributed by atoms with Crippen molar-refractivity contribution in [3.8, 4) is 0 Å². The third kappa shape index (κ3) is 5.70. The molecule has 1 aliphatic heterocycles. The van der Waals surface area contributed by atoms with Gasteiger partial charge in [0.25, 0.3) is 0 Å². The van der Waals surface area contributed by atoms with Crippen LogP contribution in [0.2, 0.25) is 0 Å². The van der Waals surface area contributed by atoms with Crippen molar-refractivity contribution in [1.82, 2.24) is 10.6 Å². The van der Waals surface area contributed by atoms with Crippen LogP contribution in [0.5, 0.6) is 0 Å². The Morgan fingerprint density at radius 2 is 1.84 bits per heavy atom. The molecule has 7 heteroatoms. The van der Waals surface area contributed by atoms with Gasteiger partial charge in [0, 0.05) is 13.5 Å². The second-order valence-electron chi connectivity index (χ2n) is 6.20. The molecule has 140 valence electrons. The molecule has 1 aromatic carbocycles. The second kappa shape index (κ2) is 10.4. The zero-order chi connectivity index (χ0) is 17.4. The van der Waals surface area contributed by atoms with E-state index in [2.05, 4.69) is 10.6 Å². The molecule has 1 aliphatic rings. The molecule has 2 rings (SSSR count). The summed E-state index contributed by atoms with van der Waals surface area (Å²) in [4.78, 5) is 25.0. The van der Waals surface area contributed by atoms with Crippen molar-refractivity contribution in [1.29, 1.82) is 0 Å². The minimum absolute atomic E-state index is 0. The smallest absolute Gasteiger partial charge is 0.328 e. The number of methoxy groups -OCH3 is 2. The second-order valence-corrected chi connectivity index (χ2v) is 6.20. The molecule has 0 spiro atoms. The Labute approximate surface area is 155 Å². The molecule has 1 saturated heterocycles. The van der Waals surface area contributed by atoms with E-state index in [0.29, 0.717) is 25.9 Å². The van der Waals surface area contributed by atoms with Crippen LogP contribution in [-0.4, -0.2) is 51.8 Å². The van der Waals surface area contributed by atoms with Crippen molar-refractivity contribution in [2.24, 2.45) is 5.41 Å². The number of amides is 1. The van der Waals surface area contributed by atoms with Gasteiger partial charge in [-0.3, -0.25) is 4.79 Å². The molecule has 1 fully saturated rings. The number of hydrogen-bond acceptors (Lipinski definition) is 5. The van der Waals surface area contributed by atoms with E-state index in [4.69, 9.17) is 9.47 Å². The zero-order valence-electron chi connectivity index (χ0n) is 14.7. The molecule has 1 unspecified atom stereocenters. The molecule has 0 bridgehead atoms. The molecular weight excluding hydrogens is 344 g/mol. The van der Waals surface area contributed by atoms with E-state index in [-0.39, 0.29) is 18.3 Å². The SMILES string of the molecule is COCC1(C(=O)NC(Cc2ccccc2)C(=O)OC)CCNCC1.Cl. The fourth-order valence-electron chi connectivity index (χ4n) is 3.12. The fraction of sp³-hybridized carbons (Fsp3) is 0.556. The average Bonchev–Trinajstić information content (AvgIpc) is 2.62. The zero-order valence-corrected chi connectivity index (χ0v) is 15.6. The van der Waals surface area contributed by atoms with Crippen LogP contribution in [0.4, 0.5) is 0 Å². The molecule has 0 saturated carbocycles. The molecule has 25 heavy (non-hydrogen) atoms. The van der Waals surface area contributed by atoms with Crippen LogP contribution >= 0.6 is 12.4 Å². The Kier molecular flexibility index (Phi) is 8.89. The Morgan fingerprint density at radius 1 is 1.20 bits per heavy atom. The summed E-state index contributed by atoms with van der Waals surface area (Å²) in [6.45, 7) is 1.87. The summed E-state index contributed by atoms with van der Waals surface area (Å²) in [6.07, 6.45) is 1.78. The van der Waals surface area contributed by atoms with Crippen LogP contribution in [0.3, 0.4) is 0 Å². The van der Waals surface area contributed by atoms with Gasteiger partial charge in [-0.2, -0.15) is 0 Å². The van der Waals surface area contributed by atoms with Gasteiger partial charge in [-0.25, -0.2) is 4.79 Å². The standard InChI is InChI=1S/C18H26N2O4.ClH/c1-23-13-18(8-10-19-11-9-18)17(22)20-15(16(21)24-2)12-14-6-4-3-5-7-14;/h3-7,15,19H,8-13H2,1-2H3,(H,20,22);1H. The van der Waals surface area contributed by atoms with Crippen LogP contribution < -0.4 is 10.6 Å². The van der Waals surface area contributed by atoms with Crippen LogP contribution in [0.25, 0.3) is 0 Å². The third-order valence-corrected chi connectivity index (χ3v) is 4.54. The van der Waals surface area contributed by atoms with Crippen molar-refractivity contribution in [2.75, 3.05) is 33.9 Å². The largest absolute Gasteiger partial charge is 0.467 e. The highest BCUT2D eigenvalue weighted by molar-refractivity contribution is 5.88. The van der Waals surface area contributed by atoms with E-state index >= 15 is 0 Å². The summed E-state index contributed by atoms with van der Waals surface area (Å²) in [6, 6.07) is 8.89. The van der Waals surface area contributed by atoms with Gasteiger partial charge in [0.2, 0.25) is 5.91 Å². The van der Waals surface area contributed by atoms with E-state index in [1.807, 2.05) is 30.3 Å². The summed E-state index contributed by atoms with van der Waals surface area (Å²) >= 11 is 0. The summed E-state index contributed by atoms with van der Waals surface area (Å²) in [5, 5.41) is 6.14. The molecule has 1 amide bonds. The van der Waals surface area contributed by atoms with Gasteiger partial charge in [-0.1, -0.05) is 30.3 Å². The molecule has 2 N–H and O–H groups in total. The van der Waals surface area contributed by atoms with Gasteiger partial charge in [0.05, 0.1) is 19.1 Å². The van der Waals surface area contributed by atoms with Crippen molar-refractivity contribution in [3.63, 3.8) is 0 Å². The summed E-state index contributed by atoms with van der Waals surface area (Å²) in [7, 11) is 2.93. The number of esters is 1. The van der Waals surface area contributed by atoms with Gasteiger partial charge in [0.1, 0.15) is 6.04 Å². The average molecular weight is 371 g/mol. The van der Waals surface area contributed by atoms with Crippen molar-refractivity contribution in [3.05, 3.63) is 35.9 Å². The quantitative estimate of drug-likeness (QED) is 0.708.